The van der Waals surface area contributed by atoms with Crippen molar-refractivity contribution >= 4 is 34.7 Å². The minimum absolute atomic E-state index is 0.112. The number of hydrogen-bond donors (Lipinski definition) is 1. The van der Waals surface area contributed by atoms with Gasteiger partial charge in [-0.05, 0) is 29.5 Å². The van der Waals surface area contributed by atoms with Gasteiger partial charge in [0, 0.05) is 29.3 Å². The minimum atomic E-state index is -0.112. The van der Waals surface area contributed by atoms with Gasteiger partial charge in [0.15, 0.2) is 11.5 Å². The Bertz CT molecular complexity index is 720. The molecule has 1 amide bonds. The van der Waals surface area contributed by atoms with Crippen molar-refractivity contribution in [3.05, 3.63) is 46.3 Å². The molecule has 1 aliphatic heterocycles. The fourth-order valence-corrected chi connectivity index (χ4v) is 3.03. The molecular weight excluding hydrogens is 296 g/mol. The van der Waals surface area contributed by atoms with E-state index < -0.39 is 0 Å². The van der Waals surface area contributed by atoms with Crippen LogP contribution in [0.25, 0.3) is 6.08 Å². The van der Waals surface area contributed by atoms with E-state index in [1.807, 2.05) is 23.6 Å². The van der Waals surface area contributed by atoms with E-state index in [1.165, 1.54) is 0 Å². The van der Waals surface area contributed by atoms with E-state index in [0.29, 0.717) is 29.7 Å². The van der Waals surface area contributed by atoms with Gasteiger partial charge in [0.1, 0.15) is 0 Å². The van der Waals surface area contributed by atoms with Gasteiger partial charge in [-0.2, -0.15) is 0 Å². The van der Waals surface area contributed by atoms with Gasteiger partial charge in [-0.3, -0.25) is 4.79 Å². The third kappa shape index (κ3) is 2.85. The minimum Gasteiger partial charge on any atom is -0.449 e. The van der Waals surface area contributed by atoms with Crippen LogP contribution >= 0.6 is 11.3 Å². The molecule has 1 aromatic heterocycles. The summed E-state index contributed by atoms with van der Waals surface area (Å²) in [6.45, 7) is 4.81. The van der Waals surface area contributed by atoms with Crippen molar-refractivity contribution in [1.29, 1.82) is 0 Å². The second-order valence-corrected chi connectivity index (χ2v) is 6.64. The first-order valence-corrected chi connectivity index (χ1v) is 8.07. The fraction of sp³-hybridized carbons (Fsp3) is 0.235. The smallest absolute Gasteiger partial charge is 0.294 e. The number of nitrogen functional groups attached to an aromatic ring is 1. The maximum Gasteiger partial charge on any atom is 0.294 e. The monoisotopic (exact) mass is 314 g/mol. The molecule has 0 aliphatic carbocycles. The van der Waals surface area contributed by atoms with E-state index in [1.54, 1.807) is 34.4 Å². The van der Waals surface area contributed by atoms with E-state index in [4.69, 9.17) is 10.5 Å². The summed E-state index contributed by atoms with van der Waals surface area (Å²) in [5.41, 5.74) is 7.24. The van der Waals surface area contributed by atoms with Gasteiger partial charge >= 0.3 is 0 Å². The summed E-state index contributed by atoms with van der Waals surface area (Å²) in [7, 11) is 0. The molecule has 22 heavy (non-hydrogen) atoms. The number of amides is 1. The Hall–Kier alpha value is -2.27. The van der Waals surface area contributed by atoms with Crippen LogP contribution in [0.2, 0.25) is 0 Å². The van der Waals surface area contributed by atoms with Crippen LogP contribution in [0.4, 0.5) is 11.4 Å². The van der Waals surface area contributed by atoms with Gasteiger partial charge in [-0.15, -0.1) is 11.3 Å². The quantitative estimate of drug-likeness (QED) is 0.693. The van der Waals surface area contributed by atoms with E-state index in [2.05, 4.69) is 13.8 Å². The number of rotatable bonds is 3. The second kappa shape index (κ2) is 5.85. The van der Waals surface area contributed by atoms with Crippen LogP contribution < -0.4 is 15.4 Å². The summed E-state index contributed by atoms with van der Waals surface area (Å²) in [6.07, 6.45) is 1.78. The maximum absolute atomic E-state index is 12.7. The van der Waals surface area contributed by atoms with Gasteiger partial charge < -0.3 is 15.4 Å². The van der Waals surface area contributed by atoms with Crippen LogP contribution in [0.1, 0.15) is 18.7 Å². The number of fused-ring (bicyclic) bond motifs is 1. The van der Waals surface area contributed by atoms with Crippen molar-refractivity contribution in [2.24, 2.45) is 5.92 Å². The number of carbonyl (C=O) groups is 1. The highest BCUT2D eigenvalue weighted by atomic mass is 32.1. The van der Waals surface area contributed by atoms with Gasteiger partial charge in [0.05, 0.1) is 5.69 Å². The van der Waals surface area contributed by atoms with Gasteiger partial charge in [0.25, 0.3) is 5.91 Å². The number of nitrogens with two attached hydrogens (primary N) is 1. The molecule has 0 spiro atoms. The van der Waals surface area contributed by atoms with Gasteiger partial charge in [-0.1, -0.05) is 19.9 Å². The topological polar surface area (TPSA) is 55.6 Å². The van der Waals surface area contributed by atoms with E-state index in [-0.39, 0.29) is 5.91 Å². The molecule has 114 valence electrons. The molecule has 4 nitrogen and oxygen atoms in total. The SMILES string of the molecule is CC(C)CN1C(=O)/C(=C\c2cccs2)Oc2cc(N)ccc21. The number of nitrogens with zero attached hydrogens (tertiary/aromatic N) is 1. The fourth-order valence-electron chi connectivity index (χ4n) is 2.38. The first kappa shape index (κ1) is 14.7. The van der Waals surface area contributed by atoms with Gasteiger partial charge in [0.2, 0.25) is 0 Å². The molecular formula is C17H18N2O2S. The third-order valence-corrected chi connectivity index (χ3v) is 4.13. The number of anilines is 2. The highest BCUT2D eigenvalue weighted by Crippen LogP contribution is 2.37. The second-order valence-electron chi connectivity index (χ2n) is 5.66. The Balaban J connectivity index is 2.04. The molecule has 5 heteroatoms. The predicted molar refractivity (Wildman–Crippen MR) is 91.0 cm³/mol. The number of ether oxygens (including phenoxy) is 1. The number of hydrogen-bond acceptors (Lipinski definition) is 4. The highest BCUT2D eigenvalue weighted by molar-refractivity contribution is 7.10. The van der Waals surface area contributed by atoms with Crippen molar-refractivity contribution < 1.29 is 9.53 Å². The molecule has 2 aromatic rings. The molecule has 3 rings (SSSR count). The normalized spacial score (nSPS) is 16.0. The van der Waals surface area contributed by atoms with Crippen LogP contribution in [0.15, 0.2) is 41.5 Å². The number of carbonyl (C=O) groups excluding carboxylic acids is 1. The van der Waals surface area contributed by atoms with E-state index >= 15 is 0 Å². The lowest BCUT2D eigenvalue weighted by Crippen LogP contribution is -2.39. The predicted octanol–water partition coefficient (Wildman–Crippen LogP) is 3.75. The molecule has 0 atom stereocenters. The van der Waals surface area contributed by atoms with Crippen molar-refractivity contribution in [3.63, 3.8) is 0 Å². The molecule has 1 aromatic carbocycles. The van der Waals surface area contributed by atoms with Crippen LogP contribution in [0.5, 0.6) is 5.75 Å². The highest BCUT2D eigenvalue weighted by Gasteiger charge is 2.30. The molecule has 0 saturated heterocycles. The third-order valence-electron chi connectivity index (χ3n) is 3.31. The van der Waals surface area contributed by atoms with Crippen molar-refractivity contribution in [2.75, 3.05) is 17.2 Å². The Morgan fingerprint density at radius 1 is 1.36 bits per heavy atom. The zero-order chi connectivity index (χ0) is 15.7. The lowest BCUT2D eigenvalue weighted by Gasteiger charge is -2.31. The first-order valence-electron chi connectivity index (χ1n) is 7.19. The molecule has 0 saturated carbocycles. The van der Waals surface area contributed by atoms with Crippen molar-refractivity contribution in [2.45, 2.75) is 13.8 Å². The Morgan fingerprint density at radius 3 is 2.86 bits per heavy atom. The largest absolute Gasteiger partial charge is 0.449 e. The van der Waals surface area contributed by atoms with Crippen molar-refractivity contribution in [1.82, 2.24) is 0 Å². The number of thiophene rings is 1. The molecule has 0 bridgehead atoms. The lowest BCUT2D eigenvalue weighted by molar-refractivity contribution is -0.117. The van der Waals surface area contributed by atoms with Crippen molar-refractivity contribution in [3.8, 4) is 5.75 Å². The zero-order valence-electron chi connectivity index (χ0n) is 12.6. The van der Waals surface area contributed by atoms with Crippen LogP contribution in [0, 0.1) is 5.92 Å². The summed E-state index contributed by atoms with van der Waals surface area (Å²) in [5, 5.41) is 1.97. The van der Waals surface area contributed by atoms with Crippen LogP contribution in [-0.4, -0.2) is 12.5 Å². The summed E-state index contributed by atoms with van der Waals surface area (Å²) in [5.74, 6) is 1.21. The Labute approximate surface area is 133 Å². The summed E-state index contributed by atoms with van der Waals surface area (Å²) in [4.78, 5) is 15.5. The summed E-state index contributed by atoms with van der Waals surface area (Å²) >= 11 is 1.57. The lowest BCUT2D eigenvalue weighted by atomic mass is 10.1. The van der Waals surface area contributed by atoms with Gasteiger partial charge in [-0.25, -0.2) is 0 Å². The number of benzene rings is 1. The Kier molecular flexibility index (Phi) is 3.90. The summed E-state index contributed by atoms with van der Waals surface area (Å²) in [6, 6.07) is 9.29. The van der Waals surface area contributed by atoms with Crippen LogP contribution in [-0.2, 0) is 4.79 Å². The molecule has 2 heterocycles. The molecule has 2 N–H and O–H groups in total. The average molecular weight is 314 g/mol. The standard InChI is InChI=1S/C17H18N2O2S/c1-11(2)10-19-14-6-5-12(18)8-15(14)21-16(17(19)20)9-13-4-3-7-22-13/h3-9,11H,10,18H2,1-2H3/b16-9+. The summed E-state index contributed by atoms with van der Waals surface area (Å²) < 4.78 is 5.81. The van der Waals surface area contributed by atoms with Crippen LogP contribution in [0.3, 0.4) is 0 Å². The zero-order valence-corrected chi connectivity index (χ0v) is 13.4. The van der Waals surface area contributed by atoms with E-state index in [0.717, 1.165) is 10.6 Å². The average Bonchev–Trinajstić information content (AvgIpc) is 2.96. The molecule has 0 radical (unpaired) electrons. The first-order chi connectivity index (χ1) is 10.5. The molecule has 0 fully saturated rings. The Morgan fingerprint density at radius 2 is 2.18 bits per heavy atom. The van der Waals surface area contributed by atoms with E-state index in [9.17, 15) is 4.79 Å². The molecule has 1 aliphatic rings. The maximum atomic E-state index is 12.7. The molecule has 0 unspecified atom stereocenters.